The molecule has 3 rings (SSSR count). The van der Waals surface area contributed by atoms with E-state index in [9.17, 15) is 5.11 Å². The van der Waals surface area contributed by atoms with Crippen LogP contribution in [-0.4, -0.2) is 49.6 Å². The van der Waals surface area contributed by atoms with Crippen molar-refractivity contribution in [2.75, 3.05) is 27.2 Å². The zero-order chi connectivity index (χ0) is 19.3. The normalized spacial score (nSPS) is 23.7. The Hall–Kier alpha value is -1.72. The summed E-state index contributed by atoms with van der Waals surface area (Å²) in [5, 5.41) is 13.7. The zero-order valence-electron chi connectivity index (χ0n) is 16.7. The molecule has 2 unspecified atom stereocenters. The molecule has 1 heterocycles. The van der Waals surface area contributed by atoms with E-state index < -0.39 is 6.29 Å². The number of hydrogen-bond acceptors (Lipinski definition) is 4. The van der Waals surface area contributed by atoms with Crippen molar-refractivity contribution < 1.29 is 9.84 Å². The van der Waals surface area contributed by atoms with Crippen LogP contribution in [0.2, 0.25) is 0 Å². The SMILES string of the molecule is CCCCN(C)[C@]1(c2ccc(-c3ccccc3)cc2)CNC(C(O)OC)C1. The van der Waals surface area contributed by atoms with E-state index in [0.29, 0.717) is 0 Å². The second kappa shape index (κ2) is 8.98. The minimum absolute atomic E-state index is 0.0622. The van der Waals surface area contributed by atoms with Crippen molar-refractivity contribution in [1.29, 1.82) is 0 Å². The van der Waals surface area contributed by atoms with Crippen molar-refractivity contribution in [2.24, 2.45) is 0 Å². The van der Waals surface area contributed by atoms with Crippen molar-refractivity contribution in [2.45, 2.75) is 44.1 Å². The van der Waals surface area contributed by atoms with Gasteiger partial charge in [-0.2, -0.15) is 0 Å². The van der Waals surface area contributed by atoms with Crippen LogP contribution in [0, 0.1) is 0 Å². The lowest BCUT2D eigenvalue weighted by atomic mass is 9.84. The van der Waals surface area contributed by atoms with Crippen molar-refractivity contribution in [3.63, 3.8) is 0 Å². The quantitative estimate of drug-likeness (QED) is 0.699. The van der Waals surface area contributed by atoms with Gasteiger partial charge in [0.1, 0.15) is 0 Å². The fourth-order valence-electron chi connectivity index (χ4n) is 4.12. The van der Waals surface area contributed by atoms with Gasteiger partial charge in [0.05, 0.1) is 11.6 Å². The molecular formula is C23H32N2O2. The molecule has 0 saturated carbocycles. The van der Waals surface area contributed by atoms with Gasteiger partial charge in [-0.3, -0.25) is 4.90 Å². The fraction of sp³-hybridized carbons (Fsp3) is 0.478. The highest BCUT2D eigenvalue weighted by Gasteiger charge is 2.45. The van der Waals surface area contributed by atoms with Gasteiger partial charge < -0.3 is 15.2 Å². The van der Waals surface area contributed by atoms with E-state index in [0.717, 1.165) is 25.9 Å². The van der Waals surface area contributed by atoms with Crippen LogP contribution >= 0.6 is 0 Å². The van der Waals surface area contributed by atoms with E-state index >= 15 is 0 Å². The van der Waals surface area contributed by atoms with Crippen LogP contribution in [0.25, 0.3) is 11.1 Å². The summed E-state index contributed by atoms with van der Waals surface area (Å²) in [6.45, 7) is 4.07. The Bertz CT molecular complexity index is 704. The fourth-order valence-corrected chi connectivity index (χ4v) is 4.12. The molecule has 1 aliphatic heterocycles. The lowest BCUT2D eigenvalue weighted by Crippen LogP contribution is -2.46. The summed E-state index contributed by atoms with van der Waals surface area (Å²) in [7, 11) is 3.76. The highest BCUT2D eigenvalue weighted by molar-refractivity contribution is 5.63. The number of nitrogens with zero attached hydrogens (tertiary/aromatic N) is 1. The lowest BCUT2D eigenvalue weighted by molar-refractivity contribution is -0.0955. The van der Waals surface area contributed by atoms with Crippen LogP contribution in [-0.2, 0) is 10.3 Å². The van der Waals surface area contributed by atoms with E-state index in [1.165, 1.54) is 23.1 Å². The maximum Gasteiger partial charge on any atom is 0.169 e. The van der Waals surface area contributed by atoms with Crippen LogP contribution in [0.1, 0.15) is 31.7 Å². The van der Waals surface area contributed by atoms with Crippen LogP contribution < -0.4 is 5.32 Å². The van der Waals surface area contributed by atoms with Crippen molar-refractivity contribution >= 4 is 0 Å². The third-order valence-electron chi connectivity index (χ3n) is 5.91. The van der Waals surface area contributed by atoms with Gasteiger partial charge in [-0.05, 0) is 43.1 Å². The molecule has 1 saturated heterocycles. The topological polar surface area (TPSA) is 44.7 Å². The number of benzene rings is 2. The van der Waals surface area contributed by atoms with Crippen molar-refractivity contribution in [3.05, 3.63) is 60.2 Å². The Balaban J connectivity index is 1.89. The maximum absolute atomic E-state index is 10.2. The molecular weight excluding hydrogens is 336 g/mol. The molecule has 0 aromatic heterocycles. The van der Waals surface area contributed by atoms with Gasteiger partial charge in [0, 0.05) is 13.7 Å². The molecule has 0 aliphatic carbocycles. The number of hydrogen-bond donors (Lipinski definition) is 2. The Morgan fingerprint density at radius 3 is 2.44 bits per heavy atom. The minimum atomic E-state index is -0.782. The molecule has 1 fully saturated rings. The molecule has 27 heavy (non-hydrogen) atoms. The lowest BCUT2D eigenvalue weighted by Gasteiger charge is -2.39. The Labute approximate surface area is 163 Å². The molecule has 0 spiro atoms. The smallest absolute Gasteiger partial charge is 0.169 e. The third-order valence-corrected chi connectivity index (χ3v) is 5.91. The summed E-state index contributed by atoms with van der Waals surface area (Å²) in [5.41, 5.74) is 3.62. The second-order valence-corrected chi connectivity index (χ2v) is 7.57. The summed E-state index contributed by atoms with van der Waals surface area (Å²) < 4.78 is 5.18. The van der Waals surface area contributed by atoms with Gasteiger partial charge in [-0.1, -0.05) is 67.9 Å². The molecule has 4 nitrogen and oxygen atoms in total. The average Bonchev–Trinajstić information content (AvgIpc) is 3.19. The predicted molar refractivity (Wildman–Crippen MR) is 111 cm³/mol. The van der Waals surface area contributed by atoms with Gasteiger partial charge in [-0.25, -0.2) is 0 Å². The third kappa shape index (κ3) is 4.25. The number of likely N-dealkylation sites (N-methyl/N-ethyl adjacent to an activating group) is 1. The molecule has 0 radical (unpaired) electrons. The molecule has 1 aliphatic rings. The van der Waals surface area contributed by atoms with Gasteiger partial charge in [0.2, 0.25) is 0 Å². The molecule has 0 amide bonds. The molecule has 2 aromatic carbocycles. The first kappa shape index (κ1) is 20.0. The van der Waals surface area contributed by atoms with Gasteiger partial charge in [0.15, 0.2) is 6.29 Å². The first-order valence-corrected chi connectivity index (χ1v) is 9.92. The van der Waals surface area contributed by atoms with Crippen LogP contribution in [0.3, 0.4) is 0 Å². The molecule has 2 aromatic rings. The van der Waals surface area contributed by atoms with Gasteiger partial charge in [-0.15, -0.1) is 0 Å². The zero-order valence-corrected chi connectivity index (χ0v) is 16.7. The summed E-state index contributed by atoms with van der Waals surface area (Å²) in [6, 6.07) is 19.3. The number of unbranched alkanes of at least 4 members (excludes halogenated alkanes) is 1. The van der Waals surface area contributed by atoms with Gasteiger partial charge in [0.25, 0.3) is 0 Å². The molecule has 2 N–H and O–H groups in total. The molecule has 3 atom stereocenters. The average molecular weight is 369 g/mol. The van der Waals surface area contributed by atoms with Gasteiger partial charge >= 0.3 is 0 Å². The molecule has 4 heteroatoms. The highest BCUT2D eigenvalue weighted by atomic mass is 16.6. The first-order valence-electron chi connectivity index (χ1n) is 9.92. The molecule has 146 valence electrons. The Kier molecular flexibility index (Phi) is 6.66. The predicted octanol–water partition coefficient (Wildman–Crippen LogP) is 3.61. The van der Waals surface area contributed by atoms with E-state index in [1.54, 1.807) is 7.11 Å². The monoisotopic (exact) mass is 368 g/mol. The van der Waals surface area contributed by atoms with E-state index in [2.05, 4.69) is 72.7 Å². The Morgan fingerprint density at radius 2 is 1.81 bits per heavy atom. The first-order chi connectivity index (χ1) is 13.1. The summed E-state index contributed by atoms with van der Waals surface area (Å²) in [5.74, 6) is 0. The number of aliphatic hydroxyl groups is 1. The van der Waals surface area contributed by atoms with Crippen LogP contribution in [0.15, 0.2) is 54.6 Å². The van der Waals surface area contributed by atoms with E-state index in [-0.39, 0.29) is 11.6 Å². The highest BCUT2D eigenvalue weighted by Crippen LogP contribution is 2.38. The van der Waals surface area contributed by atoms with E-state index in [4.69, 9.17) is 4.74 Å². The number of methoxy groups -OCH3 is 1. The van der Waals surface area contributed by atoms with Crippen LogP contribution in [0.5, 0.6) is 0 Å². The second-order valence-electron chi connectivity index (χ2n) is 7.57. The minimum Gasteiger partial charge on any atom is -0.367 e. The number of nitrogens with one attached hydrogen (secondary N) is 1. The Morgan fingerprint density at radius 1 is 1.15 bits per heavy atom. The van der Waals surface area contributed by atoms with Crippen molar-refractivity contribution in [3.8, 4) is 11.1 Å². The number of ether oxygens (including phenoxy) is 1. The van der Waals surface area contributed by atoms with Crippen LogP contribution in [0.4, 0.5) is 0 Å². The summed E-state index contributed by atoms with van der Waals surface area (Å²) in [6.07, 6.45) is 2.38. The van der Waals surface area contributed by atoms with Crippen molar-refractivity contribution in [1.82, 2.24) is 10.2 Å². The van der Waals surface area contributed by atoms with E-state index in [1.807, 2.05) is 6.07 Å². The number of rotatable bonds is 8. The summed E-state index contributed by atoms with van der Waals surface area (Å²) in [4.78, 5) is 2.45. The largest absolute Gasteiger partial charge is 0.367 e. The maximum atomic E-state index is 10.2. The standard InChI is InChI=1S/C23H32N2O2/c1-4-5-15-25(2)23(16-21(24-17-23)22(26)27-3)20-13-11-19(12-14-20)18-9-7-6-8-10-18/h6-14,21-22,24,26H,4-5,15-17H2,1-3H3/t21?,22?,23-/m0/s1. The molecule has 0 bridgehead atoms. The number of aliphatic hydroxyl groups excluding tert-OH is 1. The summed E-state index contributed by atoms with van der Waals surface area (Å²) >= 11 is 0.